The van der Waals surface area contributed by atoms with Gasteiger partial charge in [-0.15, -0.1) is 0 Å². The summed E-state index contributed by atoms with van der Waals surface area (Å²) in [6.07, 6.45) is 3.78. The van der Waals surface area contributed by atoms with Crippen LogP contribution in [0.25, 0.3) is 11.3 Å². The third kappa shape index (κ3) is 6.37. The van der Waals surface area contributed by atoms with E-state index in [0.717, 1.165) is 65.9 Å². The van der Waals surface area contributed by atoms with Gasteiger partial charge in [0.1, 0.15) is 11.4 Å². The van der Waals surface area contributed by atoms with Crippen molar-refractivity contribution in [3.05, 3.63) is 106 Å². The topological polar surface area (TPSA) is 95.3 Å². The lowest BCUT2D eigenvalue weighted by Crippen LogP contribution is -2.43. The summed E-state index contributed by atoms with van der Waals surface area (Å²) in [5.41, 5.74) is 8.40. The number of phenols is 1. The molecule has 0 saturated carbocycles. The van der Waals surface area contributed by atoms with Crippen LogP contribution in [0.4, 0.5) is 10.5 Å². The SMILES string of the molecule is C[C@@H]1Cc2ccccc2CN1C(=O)c1cc2c(cc1-c1cc(C(=O)N(C)c3ccc(O)cc3)c3n1CCCC3)CCN(C(=O)OC(C)(C)C)C2. The molecule has 1 N–H and O–H groups in total. The Morgan fingerprint density at radius 3 is 2.32 bits per heavy atom. The van der Waals surface area contributed by atoms with E-state index in [9.17, 15) is 19.5 Å². The number of hydrogen-bond acceptors (Lipinski definition) is 5. The highest BCUT2D eigenvalue weighted by Crippen LogP contribution is 2.38. The van der Waals surface area contributed by atoms with Crippen molar-refractivity contribution in [2.75, 3.05) is 18.5 Å². The van der Waals surface area contributed by atoms with Gasteiger partial charge < -0.3 is 29.1 Å². The van der Waals surface area contributed by atoms with Gasteiger partial charge in [-0.3, -0.25) is 9.59 Å². The first-order chi connectivity index (χ1) is 23.9. The van der Waals surface area contributed by atoms with E-state index in [1.165, 1.54) is 5.56 Å². The molecule has 3 aromatic carbocycles. The largest absolute Gasteiger partial charge is 0.508 e. The van der Waals surface area contributed by atoms with Crippen LogP contribution in [-0.4, -0.2) is 62.6 Å². The van der Waals surface area contributed by atoms with E-state index in [-0.39, 0.29) is 29.7 Å². The molecule has 3 aliphatic rings. The van der Waals surface area contributed by atoms with Crippen LogP contribution >= 0.6 is 0 Å². The Labute approximate surface area is 294 Å². The summed E-state index contributed by atoms with van der Waals surface area (Å²) in [6.45, 7) is 9.84. The monoisotopic (exact) mass is 674 g/mol. The number of rotatable bonds is 4. The highest BCUT2D eigenvalue weighted by molar-refractivity contribution is 6.08. The molecule has 4 heterocycles. The van der Waals surface area contributed by atoms with Crippen LogP contribution in [0.2, 0.25) is 0 Å². The van der Waals surface area contributed by atoms with Crippen LogP contribution in [0, 0.1) is 0 Å². The van der Waals surface area contributed by atoms with Crippen molar-refractivity contribution in [3.63, 3.8) is 0 Å². The molecular weight excluding hydrogens is 628 g/mol. The van der Waals surface area contributed by atoms with Gasteiger partial charge in [0.05, 0.1) is 5.56 Å². The highest BCUT2D eigenvalue weighted by Gasteiger charge is 2.34. The number of carbonyl (C=O) groups excluding carboxylic acids is 3. The third-order valence-corrected chi connectivity index (χ3v) is 10.3. The van der Waals surface area contributed by atoms with E-state index in [2.05, 4.69) is 35.8 Å². The number of aromatic hydroxyl groups is 1. The van der Waals surface area contributed by atoms with Crippen LogP contribution in [0.5, 0.6) is 5.75 Å². The molecule has 9 nitrogen and oxygen atoms in total. The minimum absolute atomic E-state index is 0.00290. The Hall–Kier alpha value is -5.05. The second-order valence-corrected chi connectivity index (χ2v) is 15.0. The summed E-state index contributed by atoms with van der Waals surface area (Å²) in [6, 6.07) is 21.0. The minimum atomic E-state index is -0.609. The number of anilines is 1. The average Bonchev–Trinajstić information content (AvgIpc) is 3.48. The first-order valence-electron chi connectivity index (χ1n) is 17.7. The molecule has 4 aromatic rings. The van der Waals surface area contributed by atoms with Crippen LogP contribution in [0.3, 0.4) is 0 Å². The van der Waals surface area contributed by atoms with E-state index in [4.69, 9.17) is 4.74 Å². The predicted octanol–water partition coefficient (Wildman–Crippen LogP) is 7.35. The van der Waals surface area contributed by atoms with Crippen molar-refractivity contribution < 1.29 is 24.2 Å². The predicted molar refractivity (Wildman–Crippen MR) is 193 cm³/mol. The average molecular weight is 675 g/mol. The summed E-state index contributed by atoms with van der Waals surface area (Å²) in [5.74, 6) is -0.0456. The Balaban J connectivity index is 1.33. The van der Waals surface area contributed by atoms with Gasteiger partial charge in [-0.05, 0) is 125 Å². The Bertz CT molecular complexity index is 1970. The molecule has 0 spiro atoms. The van der Waals surface area contributed by atoms with Gasteiger partial charge in [0.15, 0.2) is 0 Å². The molecule has 7 rings (SSSR count). The van der Waals surface area contributed by atoms with Gasteiger partial charge in [0.25, 0.3) is 11.8 Å². The van der Waals surface area contributed by atoms with Crippen molar-refractivity contribution in [1.29, 1.82) is 0 Å². The normalized spacial score (nSPS) is 17.0. The number of carbonyl (C=O) groups is 3. The van der Waals surface area contributed by atoms with E-state index in [1.807, 2.05) is 43.9 Å². The van der Waals surface area contributed by atoms with Crippen molar-refractivity contribution in [3.8, 4) is 17.0 Å². The first-order valence-corrected chi connectivity index (χ1v) is 17.7. The number of ether oxygens (including phenoxy) is 1. The van der Waals surface area contributed by atoms with E-state index in [1.54, 1.807) is 41.1 Å². The first kappa shape index (κ1) is 33.4. The summed E-state index contributed by atoms with van der Waals surface area (Å²) in [7, 11) is 1.75. The van der Waals surface area contributed by atoms with Crippen LogP contribution in [0.1, 0.15) is 89.2 Å². The zero-order valence-corrected chi connectivity index (χ0v) is 29.7. The molecule has 1 aromatic heterocycles. The molecule has 9 heteroatoms. The lowest BCUT2D eigenvalue weighted by molar-refractivity contribution is 0.0224. The van der Waals surface area contributed by atoms with Crippen molar-refractivity contribution in [1.82, 2.24) is 14.4 Å². The zero-order chi connectivity index (χ0) is 35.3. The molecule has 50 heavy (non-hydrogen) atoms. The molecule has 1 atom stereocenters. The lowest BCUT2D eigenvalue weighted by atomic mass is 9.90. The number of hydrogen-bond donors (Lipinski definition) is 1. The van der Waals surface area contributed by atoms with Crippen LogP contribution < -0.4 is 4.90 Å². The second kappa shape index (κ2) is 13.0. The van der Waals surface area contributed by atoms with Gasteiger partial charge in [0.2, 0.25) is 0 Å². The van der Waals surface area contributed by atoms with Gasteiger partial charge in [0, 0.05) is 67.5 Å². The molecule has 260 valence electrons. The Morgan fingerprint density at radius 2 is 1.58 bits per heavy atom. The maximum absolute atomic E-state index is 14.8. The smallest absolute Gasteiger partial charge is 0.410 e. The zero-order valence-electron chi connectivity index (χ0n) is 29.7. The number of amides is 3. The Kier molecular flexibility index (Phi) is 8.70. The van der Waals surface area contributed by atoms with Crippen molar-refractivity contribution in [2.45, 2.75) is 91.1 Å². The van der Waals surface area contributed by atoms with Gasteiger partial charge in [-0.2, -0.15) is 0 Å². The fourth-order valence-electron chi connectivity index (χ4n) is 7.64. The molecule has 0 radical (unpaired) electrons. The fourth-order valence-corrected chi connectivity index (χ4v) is 7.64. The fraction of sp³-hybridized carbons (Fsp3) is 0.390. The molecule has 0 bridgehead atoms. The second-order valence-electron chi connectivity index (χ2n) is 15.0. The molecule has 3 amide bonds. The third-order valence-electron chi connectivity index (χ3n) is 10.3. The standard InChI is InChI=1S/C41H46N4O5/c1-26-20-27-10-6-7-11-29(27)25-45(26)39(48)34-22-30-24-43(40(49)50-41(2,3)4)19-17-28(30)21-33(34)37-23-35(36-12-8-9-18-44(36)37)38(47)42(5)31-13-15-32(46)16-14-31/h6-7,10-11,13-16,21-23,26,46H,8-9,12,17-20,24-25H2,1-5H3/t26-/m1/s1. The molecule has 0 unspecified atom stereocenters. The van der Waals surface area contributed by atoms with Crippen molar-refractivity contribution >= 4 is 23.6 Å². The maximum Gasteiger partial charge on any atom is 0.410 e. The van der Waals surface area contributed by atoms with Gasteiger partial charge in [-0.1, -0.05) is 24.3 Å². The van der Waals surface area contributed by atoms with E-state index >= 15 is 0 Å². The van der Waals surface area contributed by atoms with Gasteiger partial charge >= 0.3 is 6.09 Å². The number of phenolic OH excluding ortho intramolecular Hbond substituents is 1. The van der Waals surface area contributed by atoms with Crippen molar-refractivity contribution in [2.24, 2.45) is 0 Å². The molecule has 0 aliphatic carbocycles. The Morgan fingerprint density at radius 1 is 0.840 bits per heavy atom. The number of aromatic nitrogens is 1. The van der Waals surface area contributed by atoms with Crippen LogP contribution in [0.15, 0.2) is 66.7 Å². The highest BCUT2D eigenvalue weighted by atomic mass is 16.6. The summed E-state index contributed by atoms with van der Waals surface area (Å²) in [4.78, 5) is 47.4. The quantitative estimate of drug-likeness (QED) is 0.244. The summed E-state index contributed by atoms with van der Waals surface area (Å²) >= 11 is 0. The van der Waals surface area contributed by atoms with Crippen LogP contribution in [-0.2, 0) is 43.6 Å². The molecule has 3 aliphatic heterocycles. The molecule has 0 fully saturated rings. The maximum atomic E-state index is 14.8. The lowest BCUT2D eigenvalue weighted by Gasteiger charge is -2.36. The number of fused-ring (bicyclic) bond motifs is 3. The summed E-state index contributed by atoms with van der Waals surface area (Å²) in [5, 5.41) is 9.82. The summed E-state index contributed by atoms with van der Waals surface area (Å²) < 4.78 is 7.95. The molecular formula is C41H46N4O5. The van der Waals surface area contributed by atoms with E-state index < -0.39 is 5.60 Å². The van der Waals surface area contributed by atoms with Gasteiger partial charge in [-0.25, -0.2) is 4.79 Å². The minimum Gasteiger partial charge on any atom is -0.508 e. The number of benzene rings is 3. The number of nitrogens with zero attached hydrogens (tertiary/aromatic N) is 4. The van der Waals surface area contributed by atoms with E-state index in [0.29, 0.717) is 42.9 Å². The molecule has 0 saturated heterocycles.